The molecule has 1 fully saturated rings. The predicted molar refractivity (Wildman–Crippen MR) is 77.6 cm³/mol. The van der Waals surface area contributed by atoms with Gasteiger partial charge in [-0.05, 0) is 17.9 Å². The minimum absolute atomic E-state index is 0.328. The first-order valence-electron chi connectivity index (χ1n) is 6.98. The van der Waals surface area contributed by atoms with E-state index in [1.54, 1.807) is 0 Å². The lowest BCUT2D eigenvalue weighted by Gasteiger charge is -2.44. The topological polar surface area (TPSA) is 15.3 Å². The summed E-state index contributed by atoms with van der Waals surface area (Å²) in [4.78, 5) is 2.60. The summed E-state index contributed by atoms with van der Waals surface area (Å²) in [5.74, 6) is 0. The summed E-state index contributed by atoms with van der Waals surface area (Å²) in [6.45, 7) is 12.6. The SMILES string of the molecule is CC1CNC(C(C)(C)C)CN1Cc1ccccc1. The van der Waals surface area contributed by atoms with Gasteiger partial charge in [0, 0.05) is 31.7 Å². The molecule has 1 saturated heterocycles. The minimum Gasteiger partial charge on any atom is -0.311 e. The molecular formula is C16H26N2. The Morgan fingerprint density at radius 1 is 1.22 bits per heavy atom. The van der Waals surface area contributed by atoms with E-state index in [9.17, 15) is 0 Å². The van der Waals surface area contributed by atoms with E-state index in [4.69, 9.17) is 0 Å². The molecule has 0 radical (unpaired) electrons. The van der Waals surface area contributed by atoms with Gasteiger partial charge in [-0.1, -0.05) is 51.1 Å². The van der Waals surface area contributed by atoms with Crippen molar-refractivity contribution in [3.8, 4) is 0 Å². The number of nitrogens with one attached hydrogen (secondary N) is 1. The molecule has 2 atom stereocenters. The molecule has 18 heavy (non-hydrogen) atoms. The lowest BCUT2D eigenvalue weighted by molar-refractivity contribution is 0.0877. The Labute approximate surface area is 111 Å². The highest BCUT2D eigenvalue weighted by atomic mass is 15.2. The van der Waals surface area contributed by atoms with E-state index in [0.717, 1.165) is 19.6 Å². The van der Waals surface area contributed by atoms with Crippen LogP contribution in [0.15, 0.2) is 30.3 Å². The third-order valence-electron chi connectivity index (χ3n) is 3.97. The molecule has 1 aromatic rings. The Morgan fingerprint density at radius 3 is 2.50 bits per heavy atom. The van der Waals surface area contributed by atoms with Gasteiger partial charge in [0.05, 0.1) is 0 Å². The second-order valence-electron chi connectivity index (χ2n) is 6.59. The van der Waals surface area contributed by atoms with Crippen molar-refractivity contribution in [1.29, 1.82) is 0 Å². The highest BCUT2D eigenvalue weighted by Crippen LogP contribution is 2.24. The van der Waals surface area contributed by atoms with E-state index in [1.807, 2.05) is 0 Å². The summed E-state index contributed by atoms with van der Waals surface area (Å²) in [7, 11) is 0. The van der Waals surface area contributed by atoms with Crippen LogP contribution in [0.2, 0.25) is 0 Å². The molecule has 2 rings (SSSR count). The van der Waals surface area contributed by atoms with Crippen LogP contribution in [-0.2, 0) is 6.54 Å². The van der Waals surface area contributed by atoms with Crippen molar-refractivity contribution in [2.45, 2.75) is 46.3 Å². The highest BCUT2D eigenvalue weighted by molar-refractivity contribution is 5.15. The van der Waals surface area contributed by atoms with Crippen molar-refractivity contribution in [2.24, 2.45) is 5.41 Å². The van der Waals surface area contributed by atoms with Crippen molar-refractivity contribution in [2.75, 3.05) is 13.1 Å². The van der Waals surface area contributed by atoms with E-state index in [-0.39, 0.29) is 0 Å². The largest absolute Gasteiger partial charge is 0.311 e. The summed E-state index contributed by atoms with van der Waals surface area (Å²) in [6.07, 6.45) is 0. The van der Waals surface area contributed by atoms with E-state index in [1.165, 1.54) is 5.56 Å². The van der Waals surface area contributed by atoms with Crippen LogP contribution in [0, 0.1) is 5.41 Å². The summed E-state index contributed by atoms with van der Waals surface area (Å²) in [6, 6.07) is 12.0. The zero-order chi connectivity index (χ0) is 13.2. The van der Waals surface area contributed by atoms with Gasteiger partial charge in [0.2, 0.25) is 0 Å². The third kappa shape index (κ3) is 3.33. The minimum atomic E-state index is 0.328. The number of hydrogen-bond acceptors (Lipinski definition) is 2. The molecule has 0 spiro atoms. The fraction of sp³-hybridized carbons (Fsp3) is 0.625. The fourth-order valence-electron chi connectivity index (χ4n) is 2.54. The van der Waals surface area contributed by atoms with Crippen LogP contribution >= 0.6 is 0 Å². The molecule has 1 aromatic carbocycles. The molecule has 1 aliphatic rings. The molecule has 2 unspecified atom stereocenters. The van der Waals surface area contributed by atoms with Crippen LogP contribution in [0.5, 0.6) is 0 Å². The van der Waals surface area contributed by atoms with Crippen LogP contribution in [-0.4, -0.2) is 30.1 Å². The average Bonchev–Trinajstić information content (AvgIpc) is 2.32. The van der Waals surface area contributed by atoms with Crippen LogP contribution < -0.4 is 5.32 Å². The Kier molecular flexibility index (Phi) is 4.08. The van der Waals surface area contributed by atoms with E-state index < -0.39 is 0 Å². The van der Waals surface area contributed by atoms with Crippen LogP contribution in [0.4, 0.5) is 0 Å². The van der Waals surface area contributed by atoms with E-state index in [0.29, 0.717) is 17.5 Å². The van der Waals surface area contributed by atoms with Crippen molar-refractivity contribution in [3.05, 3.63) is 35.9 Å². The van der Waals surface area contributed by atoms with Crippen molar-refractivity contribution < 1.29 is 0 Å². The summed E-state index contributed by atoms with van der Waals surface area (Å²) in [5.41, 5.74) is 1.74. The van der Waals surface area contributed by atoms with Gasteiger partial charge in [0.1, 0.15) is 0 Å². The van der Waals surface area contributed by atoms with Gasteiger partial charge >= 0.3 is 0 Å². The molecule has 0 bridgehead atoms. The zero-order valence-electron chi connectivity index (χ0n) is 12.1. The number of rotatable bonds is 2. The Balaban J connectivity index is 2.02. The van der Waals surface area contributed by atoms with Gasteiger partial charge < -0.3 is 5.32 Å². The Bertz CT molecular complexity index is 366. The molecule has 100 valence electrons. The number of hydrogen-bond donors (Lipinski definition) is 1. The van der Waals surface area contributed by atoms with Crippen molar-refractivity contribution >= 4 is 0 Å². The average molecular weight is 246 g/mol. The standard InChI is InChI=1S/C16H26N2/c1-13-10-17-15(16(2,3)4)12-18(13)11-14-8-6-5-7-9-14/h5-9,13,15,17H,10-12H2,1-4H3. The Morgan fingerprint density at radius 2 is 1.89 bits per heavy atom. The summed E-state index contributed by atoms with van der Waals surface area (Å²) in [5, 5.41) is 3.68. The smallest absolute Gasteiger partial charge is 0.0244 e. The first-order valence-corrected chi connectivity index (χ1v) is 6.98. The second-order valence-corrected chi connectivity index (χ2v) is 6.59. The summed E-state index contributed by atoms with van der Waals surface area (Å²) >= 11 is 0. The van der Waals surface area contributed by atoms with Crippen LogP contribution in [0.1, 0.15) is 33.3 Å². The lowest BCUT2D eigenvalue weighted by Crippen LogP contribution is -2.59. The lowest BCUT2D eigenvalue weighted by atomic mass is 9.84. The maximum absolute atomic E-state index is 3.68. The molecule has 1 aliphatic heterocycles. The third-order valence-corrected chi connectivity index (χ3v) is 3.97. The number of piperazine rings is 1. The molecule has 0 aromatic heterocycles. The monoisotopic (exact) mass is 246 g/mol. The van der Waals surface area contributed by atoms with Crippen molar-refractivity contribution in [1.82, 2.24) is 10.2 Å². The molecule has 2 heteroatoms. The first-order chi connectivity index (χ1) is 8.47. The Hall–Kier alpha value is -0.860. The molecule has 1 heterocycles. The van der Waals surface area contributed by atoms with Crippen LogP contribution in [0.3, 0.4) is 0 Å². The maximum atomic E-state index is 3.68. The van der Waals surface area contributed by atoms with E-state index >= 15 is 0 Å². The second kappa shape index (κ2) is 5.41. The van der Waals surface area contributed by atoms with Gasteiger partial charge in [0.15, 0.2) is 0 Å². The first kappa shape index (κ1) is 13.6. The molecule has 0 aliphatic carbocycles. The predicted octanol–water partition coefficient (Wildman–Crippen LogP) is 2.90. The molecular weight excluding hydrogens is 220 g/mol. The maximum Gasteiger partial charge on any atom is 0.0244 e. The quantitative estimate of drug-likeness (QED) is 0.863. The van der Waals surface area contributed by atoms with Crippen molar-refractivity contribution in [3.63, 3.8) is 0 Å². The zero-order valence-corrected chi connectivity index (χ0v) is 12.1. The fourth-order valence-corrected chi connectivity index (χ4v) is 2.54. The normalized spacial score (nSPS) is 26.2. The van der Waals surface area contributed by atoms with Gasteiger partial charge in [0.25, 0.3) is 0 Å². The van der Waals surface area contributed by atoms with Gasteiger partial charge in [-0.3, -0.25) is 4.90 Å². The molecule has 2 nitrogen and oxygen atoms in total. The van der Waals surface area contributed by atoms with Gasteiger partial charge in [-0.15, -0.1) is 0 Å². The summed E-state index contributed by atoms with van der Waals surface area (Å²) < 4.78 is 0. The number of nitrogens with zero attached hydrogens (tertiary/aromatic N) is 1. The van der Waals surface area contributed by atoms with E-state index in [2.05, 4.69) is 68.2 Å². The number of benzene rings is 1. The van der Waals surface area contributed by atoms with Crippen LogP contribution in [0.25, 0.3) is 0 Å². The molecule has 0 amide bonds. The van der Waals surface area contributed by atoms with Gasteiger partial charge in [-0.2, -0.15) is 0 Å². The highest BCUT2D eigenvalue weighted by Gasteiger charge is 2.32. The van der Waals surface area contributed by atoms with Gasteiger partial charge in [-0.25, -0.2) is 0 Å². The molecule has 1 N–H and O–H groups in total. The molecule has 0 saturated carbocycles.